The van der Waals surface area contributed by atoms with Crippen molar-refractivity contribution in [2.75, 3.05) is 12.4 Å². The van der Waals surface area contributed by atoms with Crippen LogP contribution in [0.1, 0.15) is 6.92 Å². The van der Waals surface area contributed by atoms with Crippen molar-refractivity contribution in [2.24, 2.45) is 0 Å². The first-order valence-corrected chi connectivity index (χ1v) is 5.26. The molecule has 1 unspecified atom stereocenters. The van der Waals surface area contributed by atoms with Crippen LogP contribution in [0.25, 0.3) is 0 Å². The zero-order chi connectivity index (χ0) is 15.6. The number of anilines is 1. The van der Waals surface area contributed by atoms with Crippen molar-refractivity contribution in [3.8, 4) is 0 Å². The monoisotopic (exact) mass is 294 g/mol. The van der Waals surface area contributed by atoms with Gasteiger partial charge in [-0.05, 0) is 6.92 Å². The van der Waals surface area contributed by atoms with Gasteiger partial charge in [0.1, 0.15) is 11.7 Å². The van der Waals surface area contributed by atoms with Crippen molar-refractivity contribution in [3.05, 3.63) is 29.3 Å². The highest BCUT2D eigenvalue weighted by Gasteiger charge is 2.25. The maximum Gasteiger partial charge on any atom is 0.326 e. The standard InChI is InChI=1S/C11H10F4N2O3/c1-4(10(18)19)17(2)11(20)16-9-7(14)5(12)3-6(13)8(9)15/h3-4H,1-2H3,(H,16,20)(H,18,19). The number of amides is 2. The number of urea groups is 1. The third-order valence-corrected chi connectivity index (χ3v) is 2.60. The molecule has 0 aromatic heterocycles. The number of carboxylic acid groups (broad SMARTS) is 1. The molecule has 0 aliphatic heterocycles. The SMILES string of the molecule is CC(C(=O)O)N(C)C(=O)Nc1c(F)c(F)cc(F)c1F. The van der Waals surface area contributed by atoms with Crippen LogP contribution < -0.4 is 5.32 Å². The molecule has 0 heterocycles. The zero-order valence-corrected chi connectivity index (χ0v) is 10.4. The number of benzene rings is 1. The largest absolute Gasteiger partial charge is 0.480 e. The predicted molar refractivity (Wildman–Crippen MR) is 60.2 cm³/mol. The Labute approximate surface area is 110 Å². The first-order valence-electron chi connectivity index (χ1n) is 5.26. The molecular weight excluding hydrogens is 284 g/mol. The number of hydrogen-bond donors (Lipinski definition) is 2. The Hall–Kier alpha value is -2.32. The first kappa shape index (κ1) is 15.7. The third-order valence-electron chi connectivity index (χ3n) is 2.60. The second kappa shape index (κ2) is 5.76. The molecule has 0 saturated carbocycles. The van der Waals surface area contributed by atoms with Gasteiger partial charge in [-0.3, -0.25) is 0 Å². The summed E-state index contributed by atoms with van der Waals surface area (Å²) in [7, 11) is 1.04. The molecule has 1 rings (SSSR count). The molecule has 1 atom stereocenters. The Morgan fingerprint density at radius 3 is 2.05 bits per heavy atom. The van der Waals surface area contributed by atoms with Gasteiger partial charge in [-0.2, -0.15) is 0 Å². The summed E-state index contributed by atoms with van der Waals surface area (Å²) in [5.41, 5.74) is -1.32. The maximum atomic E-state index is 13.3. The van der Waals surface area contributed by atoms with E-state index in [-0.39, 0.29) is 6.07 Å². The van der Waals surface area contributed by atoms with Gasteiger partial charge in [0, 0.05) is 13.1 Å². The molecule has 0 aliphatic carbocycles. The van der Waals surface area contributed by atoms with Crippen LogP contribution in [0.4, 0.5) is 28.0 Å². The molecule has 20 heavy (non-hydrogen) atoms. The van der Waals surface area contributed by atoms with Crippen LogP contribution in [-0.4, -0.2) is 35.1 Å². The molecule has 110 valence electrons. The number of halogens is 4. The lowest BCUT2D eigenvalue weighted by Crippen LogP contribution is -2.42. The van der Waals surface area contributed by atoms with Crippen LogP contribution in [0.15, 0.2) is 6.07 Å². The van der Waals surface area contributed by atoms with Gasteiger partial charge in [-0.1, -0.05) is 0 Å². The Balaban J connectivity index is 3.05. The van der Waals surface area contributed by atoms with E-state index in [1.807, 2.05) is 0 Å². The van der Waals surface area contributed by atoms with E-state index in [1.54, 1.807) is 5.32 Å². The number of carbonyl (C=O) groups excluding carboxylic acids is 1. The van der Waals surface area contributed by atoms with E-state index < -0.39 is 47.0 Å². The van der Waals surface area contributed by atoms with E-state index in [0.29, 0.717) is 4.90 Å². The lowest BCUT2D eigenvalue weighted by molar-refractivity contribution is -0.141. The molecule has 1 aromatic rings. The minimum absolute atomic E-state index is 0.0100. The van der Waals surface area contributed by atoms with Crippen LogP contribution in [0, 0.1) is 23.3 Å². The Bertz CT molecular complexity index is 539. The summed E-state index contributed by atoms with van der Waals surface area (Å²) >= 11 is 0. The Kier molecular flexibility index (Phi) is 4.53. The lowest BCUT2D eigenvalue weighted by atomic mass is 10.2. The molecule has 0 radical (unpaired) electrons. The number of aliphatic carboxylic acids is 1. The number of nitrogens with zero attached hydrogens (tertiary/aromatic N) is 1. The zero-order valence-electron chi connectivity index (χ0n) is 10.4. The fraction of sp³-hybridized carbons (Fsp3) is 0.273. The summed E-state index contributed by atoms with van der Waals surface area (Å²) in [6.45, 7) is 1.14. The van der Waals surface area contributed by atoms with Crippen LogP contribution >= 0.6 is 0 Å². The Morgan fingerprint density at radius 1 is 1.20 bits per heavy atom. The van der Waals surface area contributed by atoms with Gasteiger partial charge in [0.15, 0.2) is 23.3 Å². The second-order valence-electron chi connectivity index (χ2n) is 3.90. The number of rotatable bonds is 3. The van der Waals surface area contributed by atoms with Crippen molar-refractivity contribution < 1.29 is 32.3 Å². The number of carbonyl (C=O) groups is 2. The summed E-state index contributed by atoms with van der Waals surface area (Å²) in [5, 5.41) is 10.3. The van der Waals surface area contributed by atoms with Gasteiger partial charge in [0.05, 0.1) is 0 Å². The van der Waals surface area contributed by atoms with E-state index in [4.69, 9.17) is 5.11 Å². The van der Waals surface area contributed by atoms with Gasteiger partial charge < -0.3 is 15.3 Å². The minimum atomic E-state index is -1.78. The highest BCUT2D eigenvalue weighted by Crippen LogP contribution is 2.24. The summed E-state index contributed by atoms with van der Waals surface area (Å²) in [5.74, 6) is -8.31. The summed E-state index contributed by atoms with van der Waals surface area (Å²) in [4.78, 5) is 22.8. The maximum absolute atomic E-state index is 13.3. The van der Waals surface area contributed by atoms with Gasteiger partial charge >= 0.3 is 12.0 Å². The highest BCUT2D eigenvalue weighted by atomic mass is 19.2. The number of likely N-dealkylation sites (N-methyl/N-ethyl adjacent to an activating group) is 1. The fourth-order valence-corrected chi connectivity index (χ4v) is 1.22. The number of hydrogen-bond acceptors (Lipinski definition) is 2. The molecular formula is C11H10F4N2O3. The van der Waals surface area contributed by atoms with Crippen LogP contribution in [-0.2, 0) is 4.79 Å². The van der Waals surface area contributed by atoms with E-state index in [2.05, 4.69) is 0 Å². The number of nitrogens with one attached hydrogen (secondary N) is 1. The van der Waals surface area contributed by atoms with Crippen LogP contribution in [0.2, 0.25) is 0 Å². The fourth-order valence-electron chi connectivity index (χ4n) is 1.22. The molecule has 0 spiro atoms. The van der Waals surface area contributed by atoms with Crippen LogP contribution in [0.3, 0.4) is 0 Å². The normalized spacial score (nSPS) is 11.9. The Morgan fingerprint density at radius 2 is 1.65 bits per heavy atom. The predicted octanol–water partition coefficient (Wildman–Crippen LogP) is 2.18. The van der Waals surface area contributed by atoms with Crippen molar-refractivity contribution in [3.63, 3.8) is 0 Å². The minimum Gasteiger partial charge on any atom is -0.480 e. The molecule has 2 N–H and O–H groups in total. The van der Waals surface area contributed by atoms with Crippen LogP contribution in [0.5, 0.6) is 0 Å². The molecule has 0 fully saturated rings. The molecule has 0 aliphatic rings. The highest BCUT2D eigenvalue weighted by molar-refractivity contribution is 5.92. The van der Waals surface area contributed by atoms with Gasteiger partial charge in [-0.15, -0.1) is 0 Å². The van der Waals surface area contributed by atoms with E-state index in [9.17, 15) is 27.2 Å². The average Bonchev–Trinajstić information content (AvgIpc) is 2.39. The van der Waals surface area contributed by atoms with E-state index in [0.717, 1.165) is 14.0 Å². The van der Waals surface area contributed by atoms with Crippen molar-refractivity contribution in [2.45, 2.75) is 13.0 Å². The van der Waals surface area contributed by atoms with Gasteiger partial charge in [-0.25, -0.2) is 27.2 Å². The molecule has 5 nitrogen and oxygen atoms in total. The third kappa shape index (κ3) is 2.98. The van der Waals surface area contributed by atoms with Crippen molar-refractivity contribution in [1.82, 2.24) is 4.90 Å². The molecule has 9 heteroatoms. The summed E-state index contributed by atoms with van der Waals surface area (Å²) in [6.07, 6.45) is 0. The van der Waals surface area contributed by atoms with Crippen molar-refractivity contribution >= 4 is 17.7 Å². The smallest absolute Gasteiger partial charge is 0.326 e. The molecule has 2 amide bonds. The molecule has 1 aromatic carbocycles. The quantitative estimate of drug-likeness (QED) is 0.663. The lowest BCUT2D eigenvalue weighted by Gasteiger charge is -2.22. The van der Waals surface area contributed by atoms with Crippen molar-refractivity contribution in [1.29, 1.82) is 0 Å². The summed E-state index contributed by atoms with van der Waals surface area (Å²) < 4.78 is 52.4. The first-order chi connectivity index (χ1) is 9.16. The topological polar surface area (TPSA) is 69.6 Å². The summed E-state index contributed by atoms with van der Waals surface area (Å²) in [6, 6.07) is -2.55. The average molecular weight is 294 g/mol. The molecule has 0 bridgehead atoms. The van der Waals surface area contributed by atoms with Gasteiger partial charge in [0.25, 0.3) is 0 Å². The molecule has 0 saturated heterocycles. The van der Waals surface area contributed by atoms with E-state index >= 15 is 0 Å². The second-order valence-corrected chi connectivity index (χ2v) is 3.90. The van der Waals surface area contributed by atoms with E-state index in [1.165, 1.54) is 0 Å². The van der Waals surface area contributed by atoms with Gasteiger partial charge in [0.2, 0.25) is 0 Å². The number of carboxylic acids is 1.